The number of carbonyl (C=O) groups is 6. The third kappa shape index (κ3) is 10.5. The number of anilines is 3. The fraction of sp³-hybridized carbons (Fsp3) is 0.429. The molecule has 64 heavy (non-hydrogen) atoms. The summed E-state index contributed by atoms with van der Waals surface area (Å²) in [7, 11) is 3.03. The number of methoxy groups -OCH3 is 1. The van der Waals surface area contributed by atoms with Gasteiger partial charge >= 0.3 is 18.0 Å². The van der Waals surface area contributed by atoms with Crippen LogP contribution in [0.25, 0.3) is 0 Å². The molecular formula is C42H47N7O13S2. The summed E-state index contributed by atoms with van der Waals surface area (Å²) >= 11 is 2.01. The average Bonchev–Trinajstić information content (AvgIpc) is 4.12. The maximum Gasteiger partial charge on any atom is 0.416 e. The number of benzene rings is 1. The summed E-state index contributed by atoms with van der Waals surface area (Å²) < 4.78 is 41.4. The number of hydrogen-bond acceptors (Lipinski definition) is 17. The Bertz CT molecular complexity index is 2390. The Labute approximate surface area is 375 Å². The second-order valence-electron chi connectivity index (χ2n) is 14.6. The number of carbonyl (C=O) groups excluding carboxylic acids is 6. The van der Waals surface area contributed by atoms with Gasteiger partial charge in [0.25, 0.3) is 17.0 Å². The Balaban J connectivity index is 0.955. The van der Waals surface area contributed by atoms with E-state index in [1.165, 1.54) is 51.7 Å². The number of hydrogen-bond donors (Lipinski definition) is 2. The van der Waals surface area contributed by atoms with E-state index >= 15 is 0 Å². The van der Waals surface area contributed by atoms with Crippen LogP contribution in [0.1, 0.15) is 93.7 Å². The van der Waals surface area contributed by atoms with Crippen LogP contribution in [0.15, 0.2) is 47.8 Å². The molecule has 340 valence electrons. The highest BCUT2D eigenvalue weighted by Gasteiger charge is 2.48. The number of nitrogens with zero attached hydrogens (tertiary/aromatic N) is 5. The molecule has 2 N–H and O–H groups in total. The molecule has 3 atom stereocenters. The van der Waals surface area contributed by atoms with E-state index in [4.69, 9.17) is 33.2 Å². The molecule has 20 nitrogen and oxygen atoms in total. The zero-order chi connectivity index (χ0) is 45.3. The molecule has 4 amide bonds. The largest absolute Gasteiger partial charge is 0.493 e. The Morgan fingerprint density at radius 3 is 2.58 bits per heavy atom. The quantitative estimate of drug-likeness (QED) is 0.0702. The maximum absolute atomic E-state index is 14.1. The van der Waals surface area contributed by atoms with Crippen molar-refractivity contribution in [3.05, 3.63) is 70.5 Å². The summed E-state index contributed by atoms with van der Waals surface area (Å²) in [4.78, 5) is 90.0. The van der Waals surface area contributed by atoms with E-state index in [0.717, 1.165) is 41.9 Å². The van der Waals surface area contributed by atoms with Crippen LogP contribution in [0.4, 0.5) is 21.3 Å². The molecule has 0 radical (unpaired) electrons. The zero-order valence-corrected chi connectivity index (χ0v) is 37.0. The van der Waals surface area contributed by atoms with Gasteiger partial charge in [0.15, 0.2) is 34.8 Å². The first-order valence-electron chi connectivity index (χ1n) is 20.6. The number of fused-ring (bicyclic) bond motifs is 2. The Morgan fingerprint density at radius 1 is 0.984 bits per heavy atom. The second kappa shape index (κ2) is 20.9. The van der Waals surface area contributed by atoms with Crippen molar-refractivity contribution in [2.75, 3.05) is 55.6 Å². The van der Waals surface area contributed by atoms with Gasteiger partial charge in [0.2, 0.25) is 5.91 Å². The molecule has 7 rings (SSSR count). The number of aryl methyl sites for hydroxylation is 1. The van der Waals surface area contributed by atoms with Crippen molar-refractivity contribution in [2.45, 2.75) is 70.4 Å². The molecule has 2 fully saturated rings. The van der Waals surface area contributed by atoms with Crippen LogP contribution in [0.2, 0.25) is 0 Å². The fourth-order valence-corrected chi connectivity index (χ4v) is 8.67. The zero-order valence-electron chi connectivity index (χ0n) is 35.3. The van der Waals surface area contributed by atoms with Gasteiger partial charge in [-0.1, -0.05) is 24.0 Å². The minimum Gasteiger partial charge on any atom is -0.493 e. The van der Waals surface area contributed by atoms with Crippen LogP contribution >= 0.6 is 22.7 Å². The van der Waals surface area contributed by atoms with Crippen molar-refractivity contribution in [1.29, 1.82) is 0 Å². The van der Waals surface area contributed by atoms with Crippen molar-refractivity contribution < 1.29 is 61.9 Å². The molecule has 22 heteroatoms. The lowest BCUT2D eigenvalue weighted by molar-refractivity contribution is -0.195. The smallest absolute Gasteiger partial charge is 0.416 e. The third-order valence-corrected chi connectivity index (χ3v) is 11.7. The van der Waals surface area contributed by atoms with Crippen molar-refractivity contribution in [3.8, 4) is 16.7 Å². The molecule has 3 aromatic heterocycles. The molecule has 3 aliphatic rings. The standard InChI is InChI=1S/C42H47N7O13S2/c1-5-15-60-42(55)49-29-20-32(31(56-4)19-25(29)36(52)48-14-9-11-28(48)37(49)61-34-13-7-8-16-59-34)58-17-10-12-33(50)46-40-44-26(22-63-40)35(51)43-24-18-30(47(3)21-24)39(54)62-41-45-27(23-64-41)38(53)57-6-2/h5,18-23,28,34,37H,1,6-17H2,2-4H3,(H,43,51)(H,44,46,50)/t28-,34?,37?/m0/s1. The van der Waals surface area contributed by atoms with E-state index < -0.39 is 42.5 Å². The minimum atomic E-state index is -0.913. The number of nitrogens with one attached hydrogen (secondary N) is 2. The molecule has 2 saturated heterocycles. The summed E-state index contributed by atoms with van der Waals surface area (Å²) in [6.07, 6.45) is 4.79. The van der Waals surface area contributed by atoms with Gasteiger partial charge in [-0.05, 0) is 57.6 Å². The molecule has 0 bridgehead atoms. The normalized spacial score (nSPS) is 18.0. The van der Waals surface area contributed by atoms with Crippen LogP contribution in [0.5, 0.6) is 16.7 Å². The predicted octanol–water partition coefficient (Wildman–Crippen LogP) is 6.01. The Kier molecular flexibility index (Phi) is 14.9. The highest BCUT2D eigenvalue weighted by atomic mass is 32.1. The Hall–Kier alpha value is -6.36. The molecule has 0 saturated carbocycles. The Morgan fingerprint density at radius 2 is 1.81 bits per heavy atom. The van der Waals surface area contributed by atoms with Crippen LogP contribution in [0, 0.1) is 0 Å². The summed E-state index contributed by atoms with van der Waals surface area (Å²) in [5.74, 6) is -2.16. The molecular weight excluding hydrogens is 875 g/mol. The van der Waals surface area contributed by atoms with Gasteiger partial charge in [-0.3, -0.25) is 14.4 Å². The average molecular weight is 922 g/mol. The van der Waals surface area contributed by atoms with E-state index in [9.17, 15) is 28.8 Å². The number of amides is 4. The summed E-state index contributed by atoms with van der Waals surface area (Å²) in [5.41, 5.74) is 0.869. The molecule has 0 aliphatic carbocycles. The first kappa shape index (κ1) is 45.7. The third-order valence-electron chi connectivity index (χ3n) is 10.3. The van der Waals surface area contributed by atoms with Gasteiger partial charge in [0.05, 0.1) is 43.3 Å². The highest BCUT2D eigenvalue weighted by molar-refractivity contribution is 7.14. The lowest BCUT2D eigenvalue weighted by Gasteiger charge is -2.38. The predicted molar refractivity (Wildman–Crippen MR) is 231 cm³/mol. The van der Waals surface area contributed by atoms with E-state index in [1.807, 2.05) is 0 Å². The van der Waals surface area contributed by atoms with Crippen molar-refractivity contribution in [3.63, 3.8) is 0 Å². The van der Waals surface area contributed by atoms with Gasteiger partial charge < -0.3 is 53.3 Å². The highest BCUT2D eigenvalue weighted by Crippen LogP contribution is 2.43. The number of esters is 2. The molecule has 6 heterocycles. The summed E-state index contributed by atoms with van der Waals surface area (Å²) in [5, 5.41) is 8.40. The number of thiazole rings is 2. The molecule has 4 aromatic rings. The topological polar surface area (TPSA) is 228 Å². The molecule has 3 aliphatic heterocycles. The minimum absolute atomic E-state index is 0.0190. The van der Waals surface area contributed by atoms with E-state index in [1.54, 1.807) is 24.9 Å². The van der Waals surface area contributed by atoms with Crippen LogP contribution in [0.3, 0.4) is 0 Å². The first-order valence-corrected chi connectivity index (χ1v) is 22.3. The first-order chi connectivity index (χ1) is 31.0. The summed E-state index contributed by atoms with van der Waals surface area (Å²) in [6.45, 7) is 6.49. The molecule has 0 spiro atoms. The van der Waals surface area contributed by atoms with Crippen molar-refractivity contribution in [2.24, 2.45) is 7.05 Å². The monoisotopic (exact) mass is 921 g/mol. The number of aromatic nitrogens is 3. The van der Waals surface area contributed by atoms with Crippen molar-refractivity contribution >= 4 is 74.9 Å². The maximum atomic E-state index is 14.1. The lowest BCUT2D eigenvalue weighted by Crippen LogP contribution is -2.54. The van der Waals surface area contributed by atoms with Gasteiger partial charge in [-0.25, -0.2) is 24.3 Å². The van der Waals surface area contributed by atoms with Gasteiger partial charge in [-0.2, -0.15) is 4.98 Å². The van der Waals surface area contributed by atoms with Gasteiger partial charge in [-0.15, -0.1) is 11.3 Å². The van der Waals surface area contributed by atoms with Crippen LogP contribution in [-0.2, 0) is 30.8 Å². The lowest BCUT2D eigenvalue weighted by atomic mass is 10.1. The number of rotatable bonds is 17. The van der Waals surface area contributed by atoms with E-state index in [2.05, 4.69) is 27.2 Å². The molecule has 1 aromatic carbocycles. The SMILES string of the molecule is C=CCOC(=O)N1c2cc(OCCCC(=O)Nc3nc(C(=O)Nc4cc(C(=O)Oc5nc(C(=O)OCC)cs5)n(C)c4)cs3)c(OC)cc2C(=O)N2CCC[C@H]2C1OC1CCCCO1. The number of ether oxygens (including phenoxy) is 7. The van der Waals surface area contributed by atoms with E-state index in [-0.39, 0.29) is 100 Å². The van der Waals surface area contributed by atoms with E-state index in [0.29, 0.717) is 26.0 Å². The van der Waals surface area contributed by atoms with Gasteiger partial charge in [0, 0.05) is 49.6 Å². The van der Waals surface area contributed by atoms with Crippen LogP contribution in [-0.4, -0.2) is 114 Å². The second-order valence-corrected chi connectivity index (χ2v) is 16.3. The van der Waals surface area contributed by atoms with Crippen LogP contribution < -0.4 is 29.7 Å². The summed E-state index contributed by atoms with van der Waals surface area (Å²) in [6, 6.07) is 4.05. The fourth-order valence-electron chi connectivity index (χ4n) is 7.32. The molecule has 2 unspecified atom stereocenters. The van der Waals surface area contributed by atoms with Crippen molar-refractivity contribution in [1.82, 2.24) is 19.4 Å². The van der Waals surface area contributed by atoms with Gasteiger partial charge in [0.1, 0.15) is 18.0 Å².